The zero-order valence-electron chi connectivity index (χ0n) is 16.0. The Kier molecular flexibility index (Phi) is 6.27. The SMILES string of the molecule is CNC(=O)CCc1ccc(CC2CCN(C(=O)c3ocnc3C)CC2)cc1. The van der Waals surface area contributed by atoms with E-state index in [0.29, 0.717) is 23.8 Å². The highest BCUT2D eigenvalue weighted by Crippen LogP contribution is 2.23. The molecule has 0 atom stereocenters. The Morgan fingerprint density at radius 2 is 1.85 bits per heavy atom. The molecular weight excluding hydrogens is 342 g/mol. The number of hydrogen-bond acceptors (Lipinski definition) is 4. The number of nitrogens with one attached hydrogen (secondary N) is 1. The normalized spacial score (nSPS) is 15.0. The number of aryl methyl sites for hydroxylation is 2. The van der Waals surface area contributed by atoms with Crippen molar-refractivity contribution in [1.82, 2.24) is 15.2 Å². The van der Waals surface area contributed by atoms with E-state index >= 15 is 0 Å². The summed E-state index contributed by atoms with van der Waals surface area (Å²) in [7, 11) is 1.66. The van der Waals surface area contributed by atoms with Gasteiger partial charge in [0.2, 0.25) is 11.7 Å². The average molecular weight is 369 g/mol. The molecule has 1 fully saturated rings. The number of oxazole rings is 1. The number of nitrogens with zero attached hydrogens (tertiary/aromatic N) is 2. The summed E-state index contributed by atoms with van der Waals surface area (Å²) in [5, 5.41) is 2.65. The molecule has 1 aliphatic rings. The Morgan fingerprint density at radius 1 is 1.19 bits per heavy atom. The van der Waals surface area contributed by atoms with Crippen LogP contribution >= 0.6 is 0 Å². The largest absolute Gasteiger partial charge is 0.438 e. The third-order valence-electron chi connectivity index (χ3n) is 5.31. The van der Waals surface area contributed by atoms with E-state index in [0.717, 1.165) is 38.8 Å². The fraction of sp³-hybridized carbons (Fsp3) is 0.476. The quantitative estimate of drug-likeness (QED) is 0.849. The first kappa shape index (κ1) is 19.1. The minimum atomic E-state index is -0.0519. The number of carbonyl (C=O) groups excluding carboxylic acids is 2. The second-order valence-corrected chi connectivity index (χ2v) is 7.20. The van der Waals surface area contributed by atoms with Crippen LogP contribution in [0.25, 0.3) is 0 Å². The third-order valence-corrected chi connectivity index (χ3v) is 5.31. The molecule has 1 aromatic heterocycles. The molecule has 0 saturated carbocycles. The van der Waals surface area contributed by atoms with Crippen LogP contribution in [0.4, 0.5) is 0 Å². The maximum atomic E-state index is 12.5. The first-order valence-electron chi connectivity index (χ1n) is 9.54. The Morgan fingerprint density at radius 3 is 2.44 bits per heavy atom. The van der Waals surface area contributed by atoms with Gasteiger partial charge in [0.05, 0.1) is 5.69 Å². The number of benzene rings is 1. The van der Waals surface area contributed by atoms with Crippen molar-refractivity contribution in [2.24, 2.45) is 5.92 Å². The minimum Gasteiger partial charge on any atom is -0.438 e. The summed E-state index contributed by atoms with van der Waals surface area (Å²) < 4.78 is 5.23. The number of aromatic nitrogens is 1. The van der Waals surface area contributed by atoms with E-state index in [9.17, 15) is 9.59 Å². The molecule has 1 N–H and O–H groups in total. The Hall–Kier alpha value is -2.63. The van der Waals surface area contributed by atoms with Crippen molar-refractivity contribution in [3.8, 4) is 0 Å². The highest BCUT2D eigenvalue weighted by Gasteiger charge is 2.26. The van der Waals surface area contributed by atoms with Crippen LogP contribution in [-0.2, 0) is 17.6 Å². The summed E-state index contributed by atoms with van der Waals surface area (Å²) in [6, 6.07) is 8.55. The van der Waals surface area contributed by atoms with Gasteiger partial charge < -0.3 is 14.6 Å². The van der Waals surface area contributed by atoms with Gasteiger partial charge in [0.25, 0.3) is 5.91 Å². The molecule has 2 aromatic rings. The average Bonchev–Trinajstić information content (AvgIpc) is 3.13. The topological polar surface area (TPSA) is 75.4 Å². The molecule has 1 aliphatic heterocycles. The Labute approximate surface area is 160 Å². The first-order valence-corrected chi connectivity index (χ1v) is 9.54. The lowest BCUT2D eigenvalue weighted by atomic mass is 9.89. The summed E-state index contributed by atoms with van der Waals surface area (Å²) in [6.45, 7) is 3.31. The fourth-order valence-electron chi connectivity index (χ4n) is 3.55. The van der Waals surface area contributed by atoms with E-state index in [1.54, 1.807) is 14.0 Å². The van der Waals surface area contributed by atoms with Gasteiger partial charge in [-0.1, -0.05) is 24.3 Å². The van der Waals surface area contributed by atoms with Gasteiger partial charge in [0.15, 0.2) is 6.39 Å². The zero-order valence-corrected chi connectivity index (χ0v) is 16.0. The molecule has 1 saturated heterocycles. The summed E-state index contributed by atoms with van der Waals surface area (Å²) >= 11 is 0. The van der Waals surface area contributed by atoms with Gasteiger partial charge in [0.1, 0.15) is 0 Å². The zero-order chi connectivity index (χ0) is 19.2. The molecular formula is C21H27N3O3. The number of carbonyl (C=O) groups is 2. The van der Waals surface area contributed by atoms with Crippen molar-refractivity contribution >= 4 is 11.8 Å². The summed E-state index contributed by atoms with van der Waals surface area (Å²) in [4.78, 5) is 29.7. The standard InChI is InChI=1S/C21H27N3O3/c1-15-20(27-14-23-15)21(26)24-11-9-18(10-12-24)13-17-5-3-16(4-6-17)7-8-19(25)22-2/h3-6,14,18H,7-13H2,1-2H3,(H,22,25). The molecule has 0 aliphatic carbocycles. The number of likely N-dealkylation sites (tertiary alicyclic amines) is 1. The van der Waals surface area contributed by atoms with Gasteiger partial charge in [-0.15, -0.1) is 0 Å². The highest BCUT2D eigenvalue weighted by molar-refractivity contribution is 5.92. The van der Waals surface area contributed by atoms with E-state index in [-0.39, 0.29) is 11.8 Å². The highest BCUT2D eigenvalue weighted by atomic mass is 16.3. The maximum Gasteiger partial charge on any atom is 0.291 e. The van der Waals surface area contributed by atoms with Crippen LogP contribution in [0.2, 0.25) is 0 Å². The molecule has 3 rings (SSSR count). The lowest BCUT2D eigenvalue weighted by Gasteiger charge is -2.31. The molecule has 144 valence electrons. The van der Waals surface area contributed by atoms with Crippen molar-refractivity contribution < 1.29 is 14.0 Å². The fourth-order valence-corrected chi connectivity index (χ4v) is 3.55. The smallest absolute Gasteiger partial charge is 0.291 e. The van der Waals surface area contributed by atoms with Crippen molar-refractivity contribution in [3.05, 3.63) is 53.2 Å². The number of piperidine rings is 1. The molecule has 0 radical (unpaired) electrons. The predicted octanol–water partition coefficient (Wildman–Crippen LogP) is 2.76. The third kappa shape index (κ3) is 4.96. The summed E-state index contributed by atoms with van der Waals surface area (Å²) in [5.74, 6) is 0.965. The molecule has 27 heavy (non-hydrogen) atoms. The van der Waals surface area contributed by atoms with Crippen LogP contribution < -0.4 is 5.32 Å². The molecule has 0 unspecified atom stereocenters. The van der Waals surface area contributed by atoms with Crippen LogP contribution in [0.1, 0.15) is 46.6 Å². The number of amides is 2. The molecule has 1 aromatic carbocycles. The van der Waals surface area contributed by atoms with Crippen molar-refractivity contribution in [3.63, 3.8) is 0 Å². The van der Waals surface area contributed by atoms with E-state index in [1.807, 2.05) is 4.90 Å². The van der Waals surface area contributed by atoms with Crippen LogP contribution in [0.3, 0.4) is 0 Å². The predicted molar refractivity (Wildman–Crippen MR) is 102 cm³/mol. The maximum absolute atomic E-state index is 12.5. The number of rotatable bonds is 6. The second-order valence-electron chi connectivity index (χ2n) is 7.20. The molecule has 6 nitrogen and oxygen atoms in total. The lowest BCUT2D eigenvalue weighted by Crippen LogP contribution is -2.39. The molecule has 0 bridgehead atoms. The van der Waals surface area contributed by atoms with E-state index < -0.39 is 0 Å². The van der Waals surface area contributed by atoms with Gasteiger partial charge in [-0.25, -0.2) is 4.98 Å². The monoisotopic (exact) mass is 369 g/mol. The molecule has 2 heterocycles. The van der Waals surface area contributed by atoms with Crippen molar-refractivity contribution in [2.75, 3.05) is 20.1 Å². The van der Waals surface area contributed by atoms with E-state index in [2.05, 4.69) is 34.6 Å². The Bertz CT molecular complexity index is 774. The van der Waals surface area contributed by atoms with E-state index in [4.69, 9.17) is 4.42 Å². The van der Waals surface area contributed by atoms with Gasteiger partial charge in [-0.05, 0) is 49.7 Å². The molecule has 0 spiro atoms. The van der Waals surface area contributed by atoms with E-state index in [1.165, 1.54) is 17.5 Å². The van der Waals surface area contributed by atoms with Gasteiger partial charge in [0, 0.05) is 26.6 Å². The summed E-state index contributed by atoms with van der Waals surface area (Å²) in [6.07, 6.45) is 5.63. The van der Waals surface area contributed by atoms with Gasteiger partial charge in [-0.2, -0.15) is 0 Å². The molecule has 6 heteroatoms. The van der Waals surface area contributed by atoms with Crippen molar-refractivity contribution in [2.45, 2.75) is 39.0 Å². The molecule has 2 amide bonds. The number of hydrogen-bond donors (Lipinski definition) is 1. The summed E-state index contributed by atoms with van der Waals surface area (Å²) in [5.41, 5.74) is 3.15. The second kappa shape index (κ2) is 8.84. The van der Waals surface area contributed by atoms with Gasteiger partial charge >= 0.3 is 0 Å². The van der Waals surface area contributed by atoms with Crippen molar-refractivity contribution in [1.29, 1.82) is 0 Å². The van der Waals surface area contributed by atoms with Crippen LogP contribution in [0.15, 0.2) is 35.1 Å². The van der Waals surface area contributed by atoms with Crippen LogP contribution in [0, 0.1) is 12.8 Å². The lowest BCUT2D eigenvalue weighted by molar-refractivity contribution is -0.120. The minimum absolute atomic E-state index is 0.0519. The van der Waals surface area contributed by atoms with Gasteiger partial charge in [-0.3, -0.25) is 9.59 Å². The van der Waals surface area contributed by atoms with Crippen LogP contribution in [-0.4, -0.2) is 41.8 Å². The van der Waals surface area contributed by atoms with Crippen LogP contribution in [0.5, 0.6) is 0 Å². The first-order chi connectivity index (χ1) is 13.1. The Balaban J connectivity index is 1.47.